The third-order valence-corrected chi connectivity index (χ3v) is 5.16. The number of nitrogens with zero attached hydrogens (tertiary/aromatic N) is 1. The van der Waals surface area contributed by atoms with Crippen LogP contribution in [0.25, 0.3) is 0 Å². The number of sulfone groups is 1. The Morgan fingerprint density at radius 2 is 1.68 bits per heavy atom. The van der Waals surface area contributed by atoms with E-state index in [1.54, 1.807) is 36.4 Å². The minimum absolute atomic E-state index is 0.238. The molecular formula is C19H20N2O3S. The third kappa shape index (κ3) is 5.73. The van der Waals surface area contributed by atoms with Gasteiger partial charge in [0.15, 0.2) is 9.84 Å². The highest BCUT2D eigenvalue weighted by molar-refractivity contribution is 7.91. The maximum atomic E-state index is 12.2. The lowest BCUT2D eigenvalue weighted by molar-refractivity contribution is -0.113. The summed E-state index contributed by atoms with van der Waals surface area (Å²) in [7, 11) is -3.59. The molecule has 5 nitrogen and oxygen atoms in total. The van der Waals surface area contributed by atoms with Gasteiger partial charge in [0.2, 0.25) is 5.91 Å². The molecule has 0 aliphatic carbocycles. The molecule has 1 amide bonds. The molecule has 25 heavy (non-hydrogen) atoms. The van der Waals surface area contributed by atoms with E-state index < -0.39 is 21.5 Å². The molecule has 0 aliphatic heterocycles. The molecule has 0 bridgehead atoms. The van der Waals surface area contributed by atoms with Gasteiger partial charge < -0.3 is 5.32 Å². The van der Waals surface area contributed by atoms with Crippen LogP contribution in [0.4, 0.5) is 5.69 Å². The lowest BCUT2D eigenvalue weighted by Gasteiger charge is -2.09. The molecule has 0 saturated carbocycles. The van der Waals surface area contributed by atoms with Gasteiger partial charge in [0, 0.05) is 5.69 Å². The number of nitrogens with one attached hydrogen (secondary N) is 1. The van der Waals surface area contributed by atoms with Crippen molar-refractivity contribution in [2.45, 2.75) is 25.5 Å². The SMILES string of the molecule is CC(C)c1ccc(NC(=O)CS(=O)(=O)Cc2ccc(C#N)cc2)cc1. The summed E-state index contributed by atoms with van der Waals surface area (Å²) in [4.78, 5) is 12.0. The number of anilines is 1. The van der Waals surface area contributed by atoms with Crippen molar-refractivity contribution in [1.29, 1.82) is 5.26 Å². The summed E-state index contributed by atoms with van der Waals surface area (Å²) in [6.07, 6.45) is 0. The van der Waals surface area contributed by atoms with Crippen molar-refractivity contribution in [3.8, 4) is 6.07 Å². The van der Waals surface area contributed by atoms with Gasteiger partial charge in [-0.3, -0.25) is 4.79 Å². The molecule has 1 N–H and O–H groups in total. The van der Waals surface area contributed by atoms with E-state index in [0.29, 0.717) is 22.7 Å². The third-order valence-electron chi connectivity index (χ3n) is 3.68. The summed E-state index contributed by atoms with van der Waals surface area (Å²) < 4.78 is 24.3. The van der Waals surface area contributed by atoms with E-state index in [2.05, 4.69) is 19.2 Å². The standard InChI is InChI=1S/C19H20N2O3S/c1-14(2)17-7-9-18(10-8-17)21-19(22)13-25(23,24)12-16-5-3-15(11-20)4-6-16/h3-10,14H,12-13H2,1-2H3,(H,21,22). The van der Waals surface area contributed by atoms with Crippen LogP contribution >= 0.6 is 0 Å². The highest BCUT2D eigenvalue weighted by Gasteiger charge is 2.17. The van der Waals surface area contributed by atoms with Crippen LogP contribution in [0.1, 0.15) is 36.5 Å². The summed E-state index contributed by atoms with van der Waals surface area (Å²) >= 11 is 0. The molecule has 2 aromatic carbocycles. The van der Waals surface area contributed by atoms with Gasteiger partial charge >= 0.3 is 0 Å². The first-order valence-electron chi connectivity index (χ1n) is 7.88. The molecule has 6 heteroatoms. The maximum absolute atomic E-state index is 12.2. The molecule has 0 atom stereocenters. The van der Waals surface area contributed by atoms with E-state index in [4.69, 9.17) is 5.26 Å². The Morgan fingerprint density at radius 1 is 1.08 bits per heavy atom. The average molecular weight is 356 g/mol. The summed E-state index contributed by atoms with van der Waals surface area (Å²) in [6, 6.07) is 15.6. The van der Waals surface area contributed by atoms with Gasteiger partial charge in [0.05, 0.1) is 17.4 Å². The van der Waals surface area contributed by atoms with Crippen molar-refractivity contribution < 1.29 is 13.2 Å². The Morgan fingerprint density at radius 3 is 2.20 bits per heavy atom. The number of carbonyl (C=O) groups excluding carboxylic acids is 1. The van der Waals surface area contributed by atoms with Crippen molar-refractivity contribution in [2.24, 2.45) is 0 Å². The van der Waals surface area contributed by atoms with Gasteiger partial charge in [-0.15, -0.1) is 0 Å². The van der Waals surface area contributed by atoms with Gasteiger partial charge in [-0.05, 0) is 41.3 Å². The number of rotatable bonds is 6. The Kier molecular flexibility index (Phi) is 5.94. The number of amides is 1. The fraction of sp³-hybridized carbons (Fsp3) is 0.263. The summed E-state index contributed by atoms with van der Waals surface area (Å²) in [5.74, 6) is -0.999. The molecule has 0 heterocycles. The molecule has 0 aliphatic rings. The van der Waals surface area contributed by atoms with E-state index in [0.717, 1.165) is 5.56 Å². The van der Waals surface area contributed by atoms with Crippen LogP contribution < -0.4 is 5.32 Å². The van der Waals surface area contributed by atoms with Crippen molar-refractivity contribution in [3.63, 3.8) is 0 Å². The first kappa shape index (κ1) is 18.7. The minimum Gasteiger partial charge on any atom is -0.325 e. The Balaban J connectivity index is 1.97. The Hall–Kier alpha value is -2.65. The second kappa shape index (κ2) is 7.95. The molecular weight excluding hydrogens is 336 g/mol. The van der Waals surface area contributed by atoms with Crippen LogP contribution in [-0.4, -0.2) is 20.1 Å². The van der Waals surface area contributed by atoms with Gasteiger partial charge in [0.25, 0.3) is 0 Å². The van der Waals surface area contributed by atoms with E-state index in [9.17, 15) is 13.2 Å². The largest absolute Gasteiger partial charge is 0.325 e. The monoisotopic (exact) mass is 356 g/mol. The molecule has 2 rings (SSSR count). The van der Waals surface area contributed by atoms with Crippen LogP contribution in [0.5, 0.6) is 0 Å². The normalized spacial score (nSPS) is 11.1. The predicted octanol–water partition coefficient (Wildman–Crippen LogP) is 3.24. The van der Waals surface area contributed by atoms with Gasteiger partial charge in [-0.1, -0.05) is 38.1 Å². The van der Waals surface area contributed by atoms with E-state index >= 15 is 0 Å². The van der Waals surface area contributed by atoms with E-state index in [-0.39, 0.29) is 5.75 Å². The topological polar surface area (TPSA) is 87.0 Å². The van der Waals surface area contributed by atoms with Crippen molar-refractivity contribution >= 4 is 21.4 Å². The number of hydrogen-bond acceptors (Lipinski definition) is 4. The fourth-order valence-electron chi connectivity index (χ4n) is 2.33. The molecule has 0 unspecified atom stereocenters. The van der Waals surface area contributed by atoms with Gasteiger partial charge in [0.1, 0.15) is 5.75 Å². The van der Waals surface area contributed by atoms with Crippen molar-refractivity contribution in [2.75, 3.05) is 11.1 Å². The summed E-state index contributed by atoms with van der Waals surface area (Å²) in [5, 5.41) is 11.4. The number of nitriles is 1. The average Bonchev–Trinajstić information content (AvgIpc) is 2.55. The van der Waals surface area contributed by atoms with E-state index in [1.807, 2.05) is 18.2 Å². The molecule has 2 aromatic rings. The van der Waals surface area contributed by atoms with Gasteiger partial charge in [-0.25, -0.2) is 8.42 Å². The molecule has 0 spiro atoms. The zero-order valence-corrected chi connectivity index (χ0v) is 15.0. The molecule has 130 valence electrons. The highest BCUT2D eigenvalue weighted by Crippen LogP contribution is 2.17. The Labute approximate surface area is 148 Å². The summed E-state index contributed by atoms with van der Waals surface area (Å²) in [5.41, 5.74) is 2.73. The fourth-order valence-corrected chi connectivity index (χ4v) is 3.60. The Bertz CT molecular complexity index is 878. The van der Waals surface area contributed by atoms with Crippen LogP contribution in [0.15, 0.2) is 48.5 Å². The number of benzene rings is 2. The highest BCUT2D eigenvalue weighted by atomic mass is 32.2. The minimum atomic E-state index is -3.59. The van der Waals surface area contributed by atoms with Crippen LogP contribution in [0.2, 0.25) is 0 Å². The van der Waals surface area contributed by atoms with Gasteiger partial charge in [-0.2, -0.15) is 5.26 Å². The summed E-state index contributed by atoms with van der Waals surface area (Å²) in [6.45, 7) is 4.15. The molecule has 0 saturated heterocycles. The molecule has 0 radical (unpaired) electrons. The lowest BCUT2D eigenvalue weighted by atomic mass is 10.0. The van der Waals surface area contributed by atoms with Crippen molar-refractivity contribution in [3.05, 3.63) is 65.2 Å². The number of hydrogen-bond donors (Lipinski definition) is 1. The quantitative estimate of drug-likeness (QED) is 0.861. The molecule has 0 aromatic heterocycles. The second-order valence-electron chi connectivity index (χ2n) is 6.17. The number of carbonyl (C=O) groups is 1. The maximum Gasteiger partial charge on any atom is 0.239 e. The van der Waals surface area contributed by atoms with Crippen LogP contribution in [-0.2, 0) is 20.4 Å². The van der Waals surface area contributed by atoms with E-state index in [1.165, 1.54) is 0 Å². The first-order chi connectivity index (χ1) is 11.8. The molecule has 0 fully saturated rings. The van der Waals surface area contributed by atoms with Crippen LogP contribution in [0, 0.1) is 11.3 Å². The second-order valence-corrected chi connectivity index (χ2v) is 8.23. The lowest BCUT2D eigenvalue weighted by Crippen LogP contribution is -2.24. The predicted molar refractivity (Wildman–Crippen MR) is 97.8 cm³/mol. The zero-order chi connectivity index (χ0) is 18.4. The first-order valence-corrected chi connectivity index (χ1v) is 9.70. The zero-order valence-electron chi connectivity index (χ0n) is 14.2. The smallest absolute Gasteiger partial charge is 0.239 e. The van der Waals surface area contributed by atoms with Crippen molar-refractivity contribution in [1.82, 2.24) is 0 Å². The van der Waals surface area contributed by atoms with Crippen LogP contribution in [0.3, 0.4) is 0 Å².